The number of hydrogen-bond acceptors (Lipinski definition) is 2. The molecule has 2 aromatic rings. The maximum atomic E-state index is 6.36. The van der Waals surface area contributed by atoms with Gasteiger partial charge in [0.2, 0.25) is 0 Å². The van der Waals surface area contributed by atoms with Crippen LogP contribution >= 0.6 is 34.2 Å². The Balaban J connectivity index is 1.98. The normalized spacial score (nSPS) is 22.2. The van der Waals surface area contributed by atoms with Crippen LogP contribution in [0.15, 0.2) is 30.3 Å². The summed E-state index contributed by atoms with van der Waals surface area (Å²) < 4.78 is 0.938. The highest BCUT2D eigenvalue weighted by atomic mass is 127. The third kappa shape index (κ3) is 3.39. The fraction of sp³-hybridized carbons (Fsp3) is 0.412. The topological polar surface area (TPSA) is 25.8 Å². The summed E-state index contributed by atoms with van der Waals surface area (Å²) in [7, 11) is 0. The van der Waals surface area contributed by atoms with Gasteiger partial charge >= 0.3 is 0 Å². The minimum Gasteiger partial charge on any atom is -0.231 e. The van der Waals surface area contributed by atoms with E-state index in [0.717, 1.165) is 26.6 Å². The Labute approximate surface area is 144 Å². The Hall–Kier alpha value is -0.680. The molecule has 0 bridgehead atoms. The van der Waals surface area contributed by atoms with Crippen molar-refractivity contribution in [2.45, 2.75) is 38.5 Å². The molecule has 1 saturated carbocycles. The average Bonchev–Trinajstić information content (AvgIpc) is 2.51. The molecule has 4 heteroatoms. The van der Waals surface area contributed by atoms with Gasteiger partial charge in [0.25, 0.3) is 0 Å². The Bertz CT molecular complexity index is 622. The molecular formula is C17H18ClIN2. The predicted molar refractivity (Wildman–Crippen MR) is 95.6 cm³/mol. The summed E-state index contributed by atoms with van der Waals surface area (Å²) in [6, 6.07) is 10.2. The van der Waals surface area contributed by atoms with Crippen molar-refractivity contribution in [2.75, 3.05) is 0 Å². The number of rotatable bonds is 2. The van der Waals surface area contributed by atoms with Crippen LogP contribution in [0.3, 0.4) is 0 Å². The molecule has 1 aromatic heterocycles. The van der Waals surface area contributed by atoms with E-state index in [1.165, 1.54) is 25.7 Å². The molecule has 1 heterocycles. The first kappa shape index (κ1) is 15.2. The summed E-state index contributed by atoms with van der Waals surface area (Å²) in [4.78, 5) is 9.40. The lowest BCUT2D eigenvalue weighted by Crippen LogP contribution is -2.14. The maximum Gasteiger partial charge on any atom is 0.146 e. The number of halogens is 2. The van der Waals surface area contributed by atoms with Crippen molar-refractivity contribution in [3.05, 3.63) is 44.9 Å². The molecule has 0 unspecified atom stereocenters. The van der Waals surface area contributed by atoms with Gasteiger partial charge in [-0.3, -0.25) is 0 Å². The van der Waals surface area contributed by atoms with E-state index >= 15 is 0 Å². The smallest absolute Gasteiger partial charge is 0.146 e. The molecule has 21 heavy (non-hydrogen) atoms. The highest BCUT2D eigenvalue weighted by Gasteiger charge is 2.24. The van der Waals surface area contributed by atoms with Crippen molar-refractivity contribution in [3.63, 3.8) is 0 Å². The van der Waals surface area contributed by atoms with Crippen molar-refractivity contribution in [2.24, 2.45) is 5.92 Å². The molecular weight excluding hydrogens is 395 g/mol. The van der Waals surface area contributed by atoms with E-state index in [9.17, 15) is 0 Å². The van der Waals surface area contributed by atoms with Crippen molar-refractivity contribution >= 4 is 34.2 Å². The van der Waals surface area contributed by atoms with Gasteiger partial charge in [0, 0.05) is 11.5 Å². The van der Waals surface area contributed by atoms with Gasteiger partial charge in [0.05, 0.1) is 9.26 Å². The standard InChI is InChI=1S/C17H18ClIN2/c1-11-7-9-13(10-8-11)17-20-15(14(19)16(18)21-17)12-5-3-2-4-6-12/h2-6,11,13H,7-10H2,1H3. The van der Waals surface area contributed by atoms with Crippen LogP contribution in [0.25, 0.3) is 11.3 Å². The summed E-state index contributed by atoms with van der Waals surface area (Å²) in [6.07, 6.45) is 4.87. The maximum absolute atomic E-state index is 6.36. The van der Waals surface area contributed by atoms with Gasteiger partial charge in [-0.15, -0.1) is 0 Å². The Morgan fingerprint density at radius 1 is 1.05 bits per heavy atom. The third-order valence-electron chi connectivity index (χ3n) is 4.26. The molecule has 110 valence electrons. The van der Waals surface area contributed by atoms with E-state index in [2.05, 4.69) is 46.6 Å². The van der Waals surface area contributed by atoms with Gasteiger partial charge < -0.3 is 0 Å². The fourth-order valence-corrected chi connectivity index (χ4v) is 3.65. The first-order valence-electron chi connectivity index (χ1n) is 7.43. The van der Waals surface area contributed by atoms with Gasteiger partial charge in [-0.2, -0.15) is 0 Å². The van der Waals surface area contributed by atoms with Crippen molar-refractivity contribution < 1.29 is 0 Å². The van der Waals surface area contributed by atoms with Crippen molar-refractivity contribution in [1.29, 1.82) is 0 Å². The minimum atomic E-state index is 0.457. The number of nitrogens with zero attached hydrogens (tertiary/aromatic N) is 2. The monoisotopic (exact) mass is 412 g/mol. The lowest BCUT2D eigenvalue weighted by atomic mass is 9.82. The van der Waals surface area contributed by atoms with E-state index in [1.54, 1.807) is 0 Å². The quantitative estimate of drug-likeness (QED) is 0.467. The van der Waals surface area contributed by atoms with E-state index in [-0.39, 0.29) is 0 Å². The first-order chi connectivity index (χ1) is 10.1. The van der Waals surface area contributed by atoms with Crippen LogP contribution in [-0.4, -0.2) is 9.97 Å². The van der Waals surface area contributed by atoms with E-state index < -0.39 is 0 Å². The van der Waals surface area contributed by atoms with Crippen LogP contribution in [0, 0.1) is 9.49 Å². The van der Waals surface area contributed by atoms with Crippen LogP contribution < -0.4 is 0 Å². The van der Waals surface area contributed by atoms with E-state index in [4.69, 9.17) is 16.6 Å². The lowest BCUT2D eigenvalue weighted by molar-refractivity contribution is 0.339. The third-order valence-corrected chi connectivity index (χ3v) is 5.87. The second-order valence-corrected chi connectivity index (χ2v) is 7.29. The number of hydrogen-bond donors (Lipinski definition) is 0. The van der Waals surface area contributed by atoms with Gasteiger partial charge in [-0.25, -0.2) is 9.97 Å². The second-order valence-electron chi connectivity index (χ2n) is 5.86. The van der Waals surface area contributed by atoms with Crippen LogP contribution in [0.4, 0.5) is 0 Å². The predicted octanol–water partition coefficient (Wildman–Crippen LogP) is 5.70. The fourth-order valence-electron chi connectivity index (χ4n) is 2.92. The van der Waals surface area contributed by atoms with Crippen LogP contribution in [-0.2, 0) is 0 Å². The van der Waals surface area contributed by atoms with Gasteiger partial charge in [-0.05, 0) is 41.4 Å². The molecule has 0 aliphatic heterocycles. The Morgan fingerprint density at radius 3 is 2.38 bits per heavy atom. The summed E-state index contributed by atoms with van der Waals surface area (Å²) >= 11 is 8.60. The Morgan fingerprint density at radius 2 is 1.71 bits per heavy atom. The molecule has 1 aromatic carbocycles. The molecule has 0 spiro atoms. The molecule has 2 nitrogen and oxygen atoms in total. The van der Waals surface area contributed by atoms with Crippen LogP contribution in [0.2, 0.25) is 5.15 Å². The highest BCUT2D eigenvalue weighted by Crippen LogP contribution is 2.36. The molecule has 0 atom stereocenters. The molecule has 1 fully saturated rings. The number of benzene rings is 1. The molecule has 0 amide bonds. The molecule has 0 N–H and O–H groups in total. The lowest BCUT2D eigenvalue weighted by Gasteiger charge is -2.25. The summed E-state index contributed by atoms with van der Waals surface area (Å²) in [5.74, 6) is 2.21. The summed E-state index contributed by atoms with van der Waals surface area (Å²) in [5.41, 5.74) is 2.07. The van der Waals surface area contributed by atoms with Gasteiger partial charge in [0.15, 0.2) is 0 Å². The van der Waals surface area contributed by atoms with Gasteiger partial charge in [0.1, 0.15) is 11.0 Å². The first-order valence-corrected chi connectivity index (χ1v) is 8.89. The van der Waals surface area contributed by atoms with Gasteiger partial charge in [-0.1, -0.05) is 61.7 Å². The largest absolute Gasteiger partial charge is 0.231 e. The zero-order valence-corrected chi connectivity index (χ0v) is 14.9. The molecule has 0 saturated heterocycles. The summed E-state index contributed by atoms with van der Waals surface area (Å²) in [5, 5.41) is 0.582. The Kier molecular flexibility index (Phi) is 4.79. The van der Waals surface area contributed by atoms with E-state index in [1.807, 2.05) is 18.2 Å². The number of aromatic nitrogens is 2. The minimum absolute atomic E-state index is 0.457. The van der Waals surface area contributed by atoms with Crippen molar-refractivity contribution in [3.8, 4) is 11.3 Å². The highest BCUT2D eigenvalue weighted by molar-refractivity contribution is 14.1. The zero-order valence-electron chi connectivity index (χ0n) is 12.0. The van der Waals surface area contributed by atoms with Crippen LogP contribution in [0.1, 0.15) is 44.3 Å². The summed E-state index contributed by atoms with van der Waals surface area (Å²) in [6.45, 7) is 2.33. The molecule has 1 aliphatic rings. The zero-order chi connectivity index (χ0) is 14.8. The van der Waals surface area contributed by atoms with Crippen molar-refractivity contribution in [1.82, 2.24) is 9.97 Å². The molecule has 3 rings (SSSR count). The van der Waals surface area contributed by atoms with Crippen LogP contribution in [0.5, 0.6) is 0 Å². The average molecular weight is 413 g/mol. The molecule has 0 radical (unpaired) electrons. The second kappa shape index (κ2) is 6.61. The van der Waals surface area contributed by atoms with E-state index in [0.29, 0.717) is 11.1 Å². The SMILES string of the molecule is CC1CCC(c2nc(Cl)c(I)c(-c3ccccc3)n2)CC1. The molecule has 1 aliphatic carbocycles.